The molecule has 158 valence electrons. The van der Waals surface area contributed by atoms with E-state index in [-0.39, 0.29) is 11.3 Å². The minimum Gasteiger partial charge on any atom is -0.427 e. The monoisotopic (exact) mass is 402 g/mol. The van der Waals surface area contributed by atoms with Crippen LogP contribution in [0.25, 0.3) is 0 Å². The van der Waals surface area contributed by atoms with Crippen LogP contribution < -0.4 is 10.5 Å². The molecule has 1 atom stereocenters. The second-order valence-electron chi connectivity index (χ2n) is 7.97. The lowest BCUT2D eigenvalue weighted by Crippen LogP contribution is -2.49. The van der Waals surface area contributed by atoms with Crippen LogP contribution in [-0.4, -0.2) is 47.1 Å². The lowest BCUT2D eigenvalue weighted by atomic mass is 9.75. The largest absolute Gasteiger partial charge is 0.573 e. The third kappa shape index (κ3) is 7.99. The van der Waals surface area contributed by atoms with Gasteiger partial charge in [0.05, 0.1) is 0 Å². The molecular formula is C19H30BF3N2O3. The van der Waals surface area contributed by atoms with E-state index in [9.17, 15) is 13.2 Å². The Morgan fingerprint density at radius 3 is 2.29 bits per heavy atom. The number of hydrogen-bond acceptors (Lipinski definition) is 5. The van der Waals surface area contributed by atoms with Gasteiger partial charge in [0.15, 0.2) is 0 Å². The number of nitrogens with two attached hydrogens (primary N) is 1. The Morgan fingerprint density at radius 2 is 1.75 bits per heavy atom. The van der Waals surface area contributed by atoms with Crippen molar-refractivity contribution in [2.45, 2.75) is 63.8 Å². The normalized spacial score (nSPS) is 18.7. The van der Waals surface area contributed by atoms with Crippen LogP contribution in [0.15, 0.2) is 24.3 Å². The van der Waals surface area contributed by atoms with Gasteiger partial charge in [-0.2, -0.15) is 0 Å². The highest BCUT2D eigenvalue weighted by Gasteiger charge is 2.33. The van der Waals surface area contributed by atoms with E-state index in [1.165, 1.54) is 12.1 Å². The van der Waals surface area contributed by atoms with Crippen molar-refractivity contribution < 1.29 is 28.0 Å². The fourth-order valence-corrected chi connectivity index (χ4v) is 3.84. The molecular weight excluding hydrogens is 372 g/mol. The van der Waals surface area contributed by atoms with Crippen LogP contribution in [0.5, 0.6) is 5.75 Å². The summed E-state index contributed by atoms with van der Waals surface area (Å²) in [5.74, 6) is 0.202. The predicted octanol–water partition coefficient (Wildman–Crippen LogP) is 3.16. The highest BCUT2D eigenvalue weighted by atomic mass is 19.4. The van der Waals surface area contributed by atoms with E-state index < -0.39 is 13.5 Å². The topological polar surface area (TPSA) is 79.0 Å². The van der Waals surface area contributed by atoms with Crippen molar-refractivity contribution in [3.63, 3.8) is 0 Å². The molecule has 0 spiro atoms. The SMILES string of the molecule is CC(N)(CCCCB(O)O)C1CCN(Cc2ccc(OC(F)(F)F)cc2)CC1. The van der Waals surface area contributed by atoms with Gasteiger partial charge in [0.25, 0.3) is 0 Å². The number of piperidine rings is 1. The molecule has 1 unspecified atom stereocenters. The lowest BCUT2D eigenvalue weighted by Gasteiger charge is -2.40. The second kappa shape index (κ2) is 9.96. The van der Waals surface area contributed by atoms with Crippen molar-refractivity contribution in [1.82, 2.24) is 4.90 Å². The maximum Gasteiger partial charge on any atom is 0.573 e. The minimum atomic E-state index is -4.67. The molecule has 1 aromatic rings. The summed E-state index contributed by atoms with van der Waals surface area (Å²) in [7, 11) is -1.25. The maximum absolute atomic E-state index is 12.2. The van der Waals surface area contributed by atoms with Crippen molar-refractivity contribution in [2.75, 3.05) is 13.1 Å². The molecule has 1 saturated heterocycles. The van der Waals surface area contributed by atoms with Crippen molar-refractivity contribution in [2.24, 2.45) is 11.7 Å². The Balaban J connectivity index is 1.75. The molecule has 4 N–H and O–H groups in total. The van der Waals surface area contributed by atoms with E-state index in [2.05, 4.69) is 16.6 Å². The quantitative estimate of drug-likeness (QED) is 0.437. The minimum absolute atomic E-state index is 0.206. The van der Waals surface area contributed by atoms with Gasteiger partial charge in [-0.15, -0.1) is 13.2 Å². The van der Waals surface area contributed by atoms with Gasteiger partial charge in [-0.3, -0.25) is 4.90 Å². The first-order valence-corrected chi connectivity index (χ1v) is 9.77. The number of nitrogens with zero attached hydrogens (tertiary/aromatic N) is 1. The van der Waals surface area contributed by atoms with Crippen LogP contribution in [0.3, 0.4) is 0 Å². The molecule has 9 heteroatoms. The number of hydrogen-bond donors (Lipinski definition) is 3. The number of ether oxygens (including phenoxy) is 1. The van der Waals surface area contributed by atoms with Gasteiger partial charge in [-0.05, 0) is 69.2 Å². The number of halogens is 3. The standard InChI is InChI=1S/C19H30BF3N2O3/c1-18(24,10-2-3-11-20(26)27)16-8-12-25(13-9-16)14-15-4-6-17(7-5-15)28-19(21,22)23/h4-7,16,26-27H,2-3,8-14,24H2,1H3. The van der Waals surface area contributed by atoms with Crippen LogP contribution in [0.1, 0.15) is 44.6 Å². The van der Waals surface area contributed by atoms with Gasteiger partial charge >= 0.3 is 13.5 Å². The fraction of sp³-hybridized carbons (Fsp3) is 0.684. The van der Waals surface area contributed by atoms with Gasteiger partial charge in [0, 0.05) is 12.1 Å². The van der Waals surface area contributed by atoms with Crippen LogP contribution in [0.4, 0.5) is 13.2 Å². The van der Waals surface area contributed by atoms with Crippen molar-refractivity contribution in [1.29, 1.82) is 0 Å². The Bertz CT molecular complexity index is 589. The first-order valence-electron chi connectivity index (χ1n) is 9.77. The molecule has 1 heterocycles. The van der Waals surface area contributed by atoms with Gasteiger partial charge in [0.1, 0.15) is 5.75 Å². The molecule has 5 nitrogen and oxygen atoms in total. The average molecular weight is 402 g/mol. The summed E-state index contributed by atoms with van der Waals surface area (Å²) in [6, 6.07) is 6.01. The molecule has 28 heavy (non-hydrogen) atoms. The van der Waals surface area contributed by atoms with E-state index in [4.69, 9.17) is 15.8 Å². The van der Waals surface area contributed by atoms with Crippen LogP contribution in [0, 0.1) is 5.92 Å². The zero-order valence-electron chi connectivity index (χ0n) is 16.3. The average Bonchev–Trinajstić information content (AvgIpc) is 2.60. The molecule has 1 aliphatic heterocycles. The summed E-state index contributed by atoms with van der Waals surface area (Å²) in [4.78, 5) is 2.29. The van der Waals surface area contributed by atoms with Crippen molar-refractivity contribution >= 4 is 7.12 Å². The summed E-state index contributed by atoms with van der Waals surface area (Å²) in [6.45, 7) is 4.55. The number of rotatable bonds is 9. The number of likely N-dealkylation sites (tertiary alicyclic amines) is 1. The molecule has 0 bridgehead atoms. The zero-order valence-corrected chi connectivity index (χ0v) is 16.3. The third-order valence-corrected chi connectivity index (χ3v) is 5.51. The first kappa shape index (κ1) is 23.0. The van der Waals surface area contributed by atoms with Crippen molar-refractivity contribution in [3.05, 3.63) is 29.8 Å². The van der Waals surface area contributed by atoms with Crippen molar-refractivity contribution in [3.8, 4) is 5.75 Å². The lowest BCUT2D eigenvalue weighted by molar-refractivity contribution is -0.274. The predicted molar refractivity (Wildman–Crippen MR) is 103 cm³/mol. The summed E-state index contributed by atoms with van der Waals surface area (Å²) in [5, 5.41) is 17.8. The van der Waals surface area contributed by atoms with Gasteiger partial charge < -0.3 is 20.5 Å². The van der Waals surface area contributed by atoms with E-state index in [1.807, 2.05) is 0 Å². The number of unbranched alkanes of at least 4 members (excludes halogenated alkanes) is 1. The van der Waals surface area contributed by atoms with Gasteiger partial charge in [-0.25, -0.2) is 0 Å². The molecule has 0 aromatic heterocycles. The number of alkyl halides is 3. The number of benzene rings is 1. The Labute approximate surface area is 164 Å². The second-order valence-corrected chi connectivity index (χ2v) is 7.97. The van der Waals surface area contributed by atoms with Crippen LogP contribution in [-0.2, 0) is 6.54 Å². The van der Waals surface area contributed by atoms with Crippen LogP contribution in [0.2, 0.25) is 6.32 Å². The van der Waals surface area contributed by atoms with E-state index >= 15 is 0 Å². The van der Waals surface area contributed by atoms with E-state index in [0.717, 1.165) is 50.8 Å². The summed E-state index contributed by atoms with van der Waals surface area (Å²) in [5.41, 5.74) is 7.20. The summed E-state index contributed by atoms with van der Waals surface area (Å²) >= 11 is 0. The summed E-state index contributed by atoms with van der Waals surface area (Å²) in [6.07, 6.45) is 0.132. The third-order valence-electron chi connectivity index (χ3n) is 5.51. The first-order chi connectivity index (χ1) is 13.0. The Kier molecular flexibility index (Phi) is 8.18. The Hall–Kier alpha value is -1.29. The van der Waals surface area contributed by atoms with Gasteiger partial charge in [0.2, 0.25) is 0 Å². The van der Waals surface area contributed by atoms with Crippen LogP contribution >= 0.6 is 0 Å². The molecule has 2 rings (SSSR count). The highest BCUT2D eigenvalue weighted by Crippen LogP contribution is 2.31. The highest BCUT2D eigenvalue weighted by molar-refractivity contribution is 6.40. The van der Waals surface area contributed by atoms with Gasteiger partial charge in [-0.1, -0.05) is 25.0 Å². The molecule has 0 saturated carbocycles. The Morgan fingerprint density at radius 1 is 1.14 bits per heavy atom. The summed E-state index contributed by atoms with van der Waals surface area (Å²) < 4.78 is 40.5. The molecule has 0 aliphatic carbocycles. The zero-order chi connectivity index (χ0) is 20.8. The van der Waals surface area contributed by atoms with E-state index in [0.29, 0.717) is 18.8 Å². The molecule has 1 fully saturated rings. The maximum atomic E-state index is 12.2. The molecule has 1 aliphatic rings. The molecule has 0 radical (unpaired) electrons. The van der Waals surface area contributed by atoms with E-state index in [1.54, 1.807) is 12.1 Å². The smallest absolute Gasteiger partial charge is 0.427 e. The fourth-order valence-electron chi connectivity index (χ4n) is 3.84. The molecule has 1 aromatic carbocycles. The molecule has 0 amide bonds.